The van der Waals surface area contributed by atoms with Gasteiger partial charge in [0.05, 0.1) is 0 Å². The largest absolute Gasteiger partial charge is 0.338 e. The summed E-state index contributed by atoms with van der Waals surface area (Å²) in [6.45, 7) is 9.63. The molecule has 0 aromatic carbocycles. The number of likely N-dealkylation sites (tertiary alicyclic amines) is 1. The molecule has 0 unspecified atom stereocenters. The molecule has 0 atom stereocenters. The summed E-state index contributed by atoms with van der Waals surface area (Å²) in [5, 5.41) is 0. The maximum atomic E-state index is 4.40. The zero-order valence-electron chi connectivity index (χ0n) is 14.3. The fraction of sp³-hybridized carbons (Fsp3) is 0.824. The number of imidazole rings is 1. The summed E-state index contributed by atoms with van der Waals surface area (Å²) in [6.07, 6.45) is 10.3. The number of piperidine rings is 1. The van der Waals surface area contributed by atoms with Crippen LogP contribution in [0.1, 0.15) is 45.4 Å². The SMILES string of the molecule is CN(CCCc1nccn1C)CC(C)(C)N1CCCCC1. The highest BCUT2D eigenvalue weighted by Crippen LogP contribution is 2.21. The molecule has 1 saturated heterocycles. The van der Waals surface area contributed by atoms with Crippen LogP contribution in [0, 0.1) is 0 Å². The zero-order valence-corrected chi connectivity index (χ0v) is 14.3. The molecule has 1 aliphatic rings. The average Bonchev–Trinajstić information content (AvgIpc) is 2.85. The van der Waals surface area contributed by atoms with Crippen molar-refractivity contribution in [2.45, 2.75) is 51.5 Å². The lowest BCUT2D eigenvalue weighted by molar-refractivity contribution is 0.0649. The van der Waals surface area contributed by atoms with Gasteiger partial charge in [-0.05, 0) is 59.8 Å². The lowest BCUT2D eigenvalue weighted by atomic mass is 9.98. The Labute approximate surface area is 130 Å². The molecule has 1 aromatic heterocycles. The second-order valence-corrected chi connectivity index (χ2v) is 7.16. The zero-order chi connectivity index (χ0) is 15.3. The highest BCUT2D eigenvalue weighted by molar-refractivity contribution is 4.91. The lowest BCUT2D eigenvalue weighted by Crippen LogP contribution is -2.52. The second-order valence-electron chi connectivity index (χ2n) is 7.16. The topological polar surface area (TPSA) is 24.3 Å². The van der Waals surface area contributed by atoms with Crippen molar-refractivity contribution in [1.29, 1.82) is 0 Å². The van der Waals surface area contributed by atoms with Crippen LogP contribution in [0.25, 0.3) is 0 Å². The molecule has 1 aromatic rings. The maximum Gasteiger partial charge on any atom is 0.108 e. The van der Waals surface area contributed by atoms with E-state index in [9.17, 15) is 0 Å². The van der Waals surface area contributed by atoms with Gasteiger partial charge in [-0.25, -0.2) is 4.98 Å². The molecule has 1 fully saturated rings. The van der Waals surface area contributed by atoms with Crippen molar-refractivity contribution >= 4 is 0 Å². The predicted octanol–water partition coefficient (Wildman–Crippen LogP) is 2.55. The van der Waals surface area contributed by atoms with Gasteiger partial charge in [-0.2, -0.15) is 0 Å². The van der Waals surface area contributed by atoms with Crippen LogP contribution in [0.15, 0.2) is 12.4 Å². The minimum Gasteiger partial charge on any atom is -0.338 e. The first kappa shape index (κ1) is 16.5. The summed E-state index contributed by atoms with van der Waals surface area (Å²) in [6, 6.07) is 0. The van der Waals surface area contributed by atoms with E-state index in [-0.39, 0.29) is 0 Å². The van der Waals surface area contributed by atoms with Gasteiger partial charge >= 0.3 is 0 Å². The van der Waals surface area contributed by atoms with Gasteiger partial charge in [0.25, 0.3) is 0 Å². The van der Waals surface area contributed by atoms with E-state index in [4.69, 9.17) is 0 Å². The number of nitrogens with zero attached hydrogens (tertiary/aromatic N) is 4. The molecule has 0 spiro atoms. The normalized spacial score (nSPS) is 17.6. The molecule has 1 aliphatic heterocycles. The van der Waals surface area contributed by atoms with E-state index in [0.717, 1.165) is 19.5 Å². The number of hydrogen-bond acceptors (Lipinski definition) is 3. The van der Waals surface area contributed by atoms with Gasteiger partial charge in [-0.1, -0.05) is 6.42 Å². The number of rotatable bonds is 7. The van der Waals surface area contributed by atoms with E-state index in [1.165, 1.54) is 44.6 Å². The Morgan fingerprint density at radius 3 is 2.57 bits per heavy atom. The van der Waals surface area contributed by atoms with Gasteiger partial charge in [0.1, 0.15) is 5.82 Å². The molecular formula is C17H32N4. The minimum absolute atomic E-state index is 0.290. The Morgan fingerprint density at radius 1 is 1.24 bits per heavy atom. The highest BCUT2D eigenvalue weighted by atomic mass is 15.2. The van der Waals surface area contributed by atoms with E-state index < -0.39 is 0 Å². The highest BCUT2D eigenvalue weighted by Gasteiger charge is 2.28. The first-order chi connectivity index (χ1) is 9.99. The second kappa shape index (κ2) is 7.41. The molecule has 0 aliphatic carbocycles. The molecule has 21 heavy (non-hydrogen) atoms. The molecule has 0 saturated carbocycles. The molecule has 0 bridgehead atoms. The first-order valence-corrected chi connectivity index (χ1v) is 8.39. The van der Waals surface area contributed by atoms with Crippen LogP contribution < -0.4 is 0 Å². The van der Waals surface area contributed by atoms with Crippen LogP contribution in [-0.2, 0) is 13.5 Å². The summed E-state index contributed by atoms with van der Waals surface area (Å²) in [5.41, 5.74) is 0.290. The third kappa shape index (κ3) is 4.82. The Bertz CT molecular complexity index is 418. The van der Waals surface area contributed by atoms with Crippen LogP contribution in [0.5, 0.6) is 0 Å². The number of hydrogen-bond donors (Lipinski definition) is 0. The van der Waals surface area contributed by atoms with Crippen molar-refractivity contribution in [2.24, 2.45) is 7.05 Å². The molecule has 0 radical (unpaired) electrons. The van der Waals surface area contributed by atoms with E-state index in [2.05, 4.69) is 47.3 Å². The van der Waals surface area contributed by atoms with Crippen LogP contribution in [0.4, 0.5) is 0 Å². The van der Waals surface area contributed by atoms with Gasteiger partial charge in [0, 0.05) is 37.9 Å². The Morgan fingerprint density at radius 2 is 1.95 bits per heavy atom. The Hall–Kier alpha value is -0.870. The lowest BCUT2D eigenvalue weighted by Gasteiger charge is -2.43. The molecule has 2 heterocycles. The predicted molar refractivity (Wildman–Crippen MR) is 88.5 cm³/mol. The molecule has 4 heteroatoms. The van der Waals surface area contributed by atoms with Crippen molar-refractivity contribution in [1.82, 2.24) is 19.4 Å². The maximum absolute atomic E-state index is 4.40. The molecule has 4 nitrogen and oxygen atoms in total. The van der Waals surface area contributed by atoms with Crippen molar-refractivity contribution in [3.63, 3.8) is 0 Å². The Balaban J connectivity index is 1.72. The summed E-state index contributed by atoms with van der Waals surface area (Å²) in [4.78, 5) is 9.55. The fourth-order valence-corrected chi connectivity index (χ4v) is 3.48. The monoisotopic (exact) mass is 292 g/mol. The molecule has 0 N–H and O–H groups in total. The van der Waals surface area contributed by atoms with Gasteiger partial charge in [0.15, 0.2) is 0 Å². The van der Waals surface area contributed by atoms with Gasteiger partial charge in [0.2, 0.25) is 0 Å². The van der Waals surface area contributed by atoms with E-state index >= 15 is 0 Å². The van der Waals surface area contributed by atoms with Crippen LogP contribution in [-0.4, -0.2) is 58.1 Å². The first-order valence-electron chi connectivity index (χ1n) is 8.39. The summed E-state index contributed by atoms with van der Waals surface area (Å²) >= 11 is 0. The summed E-state index contributed by atoms with van der Waals surface area (Å²) in [7, 11) is 4.33. The third-order valence-electron chi connectivity index (χ3n) is 4.73. The smallest absolute Gasteiger partial charge is 0.108 e. The standard InChI is InChI=1S/C17H32N4/c1-17(2,21-12-6-5-7-13-21)15-19(3)11-8-9-16-18-10-14-20(16)4/h10,14H,5-9,11-13,15H2,1-4H3. The van der Waals surface area contributed by atoms with Crippen molar-refractivity contribution in [3.05, 3.63) is 18.2 Å². The summed E-state index contributed by atoms with van der Waals surface area (Å²) in [5.74, 6) is 1.19. The van der Waals surface area contributed by atoms with E-state index in [1.54, 1.807) is 0 Å². The molecule has 2 rings (SSSR count). The van der Waals surface area contributed by atoms with Crippen molar-refractivity contribution < 1.29 is 0 Å². The Kier molecular flexibility index (Phi) is 5.82. The van der Waals surface area contributed by atoms with E-state index in [1.807, 2.05) is 12.4 Å². The molecule has 0 amide bonds. The van der Waals surface area contributed by atoms with Gasteiger partial charge in [-0.15, -0.1) is 0 Å². The number of aromatic nitrogens is 2. The van der Waals surface area contributed by atoms with Crippen molar-refractivity contribution in [2.75, 3.05) is 33.2 Å². The van der Waals surface area contributed by atoms with E-state index in [0.29, 0.717) is 5.54 Å². The fourth-order valence-electron chi connectivity index (χ4n) is 3.48. The van der Waals surface area contributed by atoms with Gasteiger partial charge in [-0.3, -0.25) is 4.90 Å². The molecular weight excluding hydrogens is 260 g/mol. The van der Waals surface area contributed by atoms with Crippen molar-refractivity contribution in [3.8, 4) is 0 Å². The van der Waals surface area contributed by atoms with Crippen LogP contribution in [0.3, 0.4) is 0 Å². The quantitative estimate of drug-likeness (QED) is 0.772. The minimum atomic E-state index is 0.290. The van der Waals surface area contributed by atoms with Crippen LogP contribution >= 0.6 is 0 Å². The average molecular weight is 292 g/mol. The molecule has 120 valence electrons. The van der Waals surface area contributed by atoms with Gasteiger partial charge < -0.3 is 9.47 Å². The van der Waals surface area contributed by atoms with Crippen LogP contribution in [0.2, 0.25) is 0 Å². The number of aryl methyl sites for hydroxylation is 2. The summed E-state index contributed by atoms with van der Waals surface area (Å²) < 4.78 is 2.12. The third-order valence-corrected chi connectivity index (χ3v) is 4.73. The number of likely N-dealkylation sites (N-methyl/N-ethyl adjacent to an activating group) is 1.